The van der Waals surface area contributed by atoms with Crippen molar-refractivity contribution in [2.75, 3.05) is 11.5 Å². The van der Waals surface area contributed by atoms with Gasteiger partial charge >= 0.3 is 12.1 Å². The first-order valence-corrected chi connectivity index (χ1v) is 16.3. The van der Waals surface area contributed by atoms with Crippen LogP contribution in [0.1, 0.15) is 100 Å². The lowest BCUT2D eigenvalue weighted by Gasteiger charge is -2.69. The number of carbonyl (C=O) groups is 2. The molecule has 12 nitrogen and oxygen atoms in total. The van der Waals surface area contributed by atoms with E-state index in [-0.39, 0.29) is 29.7 Å². The summed E-state index contributed by atoms with van der Waals surface area (Å²) in [5.41, 5.74) is -0.268. The summed E-state index contributed by atoms with van der Waals surface area (Å²) in [6.45, 7) is 15.8. The first-order valence-electron chi connectivity index (χ1n) is 15.2. The Morgan fingerprint density at radius 1 is 1.09 bits per heavy atom. The van der Waals surface area contributed by atoms with Crippen LogP contribution < -0.4 is 9.64 Å². The summed E-state index contributed by atoms with van der Waals surface area (Å²) in [5.74, 6) is -0.719. The van der Waals surface area contributed by atoms with Gasteiger partial charge < -0.3 is 14.2 Å². The zero-order chi connectivity index (χ0) is 34.9. The number of anilines is 1. The molecule has 1 atom stereocenters. The molecule has 0 radical (unpaired) electrons. The molecule has 47 heavy (non-hydrogen) atoms. The van der Waals surface area contributed by atoms with Crippen LogP contribution in [0.15, 0.2) is 22.6 Å². The van der Waals surface area contributed by atoms with Crippen LogP contribution in [0.2, 0.25) is 0 Å². The van der Waals surface area contributed by atoms with E-state index in [1.54, 1.807) is 54.5 Å². The van der Waals surface area contributed by atoms with Gasteiger partial charge in [0.25, 0.3) is 0 Å². The van der Waals surface area contributed by atoms with Crippen LogP contribution in [0.5, 0.6) is 11.6 Å². The van der Waals surface area contributed by atoms with Crippen molar-refractivity contribution < 1.29 is 28.0 Å². The molecule has 13 heteroatoms. The molecule has 1 heterocycles. The van der Waals surface area contributed by atoms with Crippen LogP contribution in [-0.4, -0.2) is 54.9 Å². The second-order valence-corrected chi connectivity index (χ2v) is 15.9. The van der Waals surface area contributed by atoms with Crippen molar-refractivity contribution in [3.63, 3.8) is 0 Å². The van der Waals surface area contributed by atoms with E-state index >= 15 is 0 Å². The first kappa shape index (κ1) is 35.2. The van der Waals surface area contributed by atoms with Gasteiger partial charge in [-0.15, -0.1) is 0 Å². The summed E-state index contributed by atoms with van der Waals surface area (Å²) in [6.07, 6.45) is 4.72. The normalized spacial score (nSPS) is 20.8. The van der Waals surface area contributed by atoms with Crippen LogP contribution in [-0.2, 0) is 20.5 Å². The zero-order valence-corrected chi connectivity index (χ0v) is 29.1. The van der Waals surface area contributed by atoms with Gasteiger partial charge in [-0.05, 0) is 116 Å². The summed E-state index contributed by atoms with van der Waals surface area (Å²) < 4.78 is 34.1. The number of amides is 1. The van der Waals surface area contributed by atoms with Gasteiger partial charge in [0.15, 0.2) is 5.69 Å². The van der Waals surface area contributed by atoms with E-state index in [9.17, 15) is 19.1 Å². The molecule has 2 aromatic rings. The molecule has 1 aromatic carbocycles. The molecule has 1 aromatic heterocycles. The summed E-state index contributed by atoms with van der Waals surface area (Å²) in [5, 5.41) is 18.7. The molecule has 3 fully saturated rings. The number of nitriles is 2. The van der Waals surface area contributed by atoms with Gasteiger partial charge in [-0.2, -0.15) is 19.9 Å². The quantitative estimate of drug-likeness (QED) is 0.161. The van der Waals surface area contributed by atoms with Crippen LogP contribution in [0.3, 0.4) is 0 Å². The predicted octanol–water partition coefficient (Wildman–Crippen LogP) is 6.67. The molecule has 248 valence electrons. The Balaban J connectivity index is 1.97. The van der Waals surface area contributed by atoms with Gasteiger partial charge in [0.05, 0.1) is 46.2 Å². The highest BCUT2D eigenvalue weighted by Crippen LogP contribution is 2.70. The summed E-state index contributed by atoms with van der Waals surface area (Å²) >= 11 is 0. The number of rotatable bonds is 9. The number of carbonyl (C=O) groups excluding carboxylic acids is 2. The number of aryl methyl sites for hydroxylation is 2. The van der Waals surface area contributed by atoms with E-state index in [2.05, 4.69) is 15.5 Å². The zero-order valence-electron chi connectivity index (χ0n) is 28.3. The minimum absolute atomic E-state index is 0.00674. The SMILES string of the molecule is CCOC(=O)c1nc(N(C(=O)OC(C)(C)C)C23CC(C#N)(C2)C3)nc(Oc2c(C)cc(/C=C/C#N)cc2C)c1/C=N/[S@@](=O)C(C)(C)C. The van der Waals surface area contributed by atoms with Crippen molar-refractivity contribution in [2.45, 2.75) is 97.5 Å². The molecule has 3 aliphatic carbocycles. The molecule has 0 aliphatic heterocycles. The molecule has 2 bridgehead atoms. The Morgan fingerprint density at radius 3 is 2.21 bits per heavy atom. The second-order valence-electron chi connectivity index (χ2n) is 13.9. The molecular weight excluding hydrogens is 620 g/mol. The van der Waals surface area contributed by atoms with Gasteiger partial charge in [-0.1, -0.05) is 0 Å². The predicted molar refractivity (Wildman–Crippen MR) is 177 cm³/mol. The number of esters is 1. The monoisotopic (exact) mass is 660 g/mol. The maximum atomic E-state index is 13.8. The lowest BCUT2D eigenvalue weighted by Crippen LogP contribution is -2.76. The average Bonchev–Trinajstić information content (AvgIpc) is 2.92. The molecular formula is C34H40N6O6S. The summed E-state index contributed by atoms with van der Waals surface area (Å²) in [7, 11) is -1.71. The number of ether oxygens (including phenoxy) is 3. The van der Waals surface area contributed by atoms with E-state index in [0.29, 0.717) is 36.1 Å². The Morgan fingerprint density at radius 2 is 1.70 bits per heavy atom. The highest BCUT2D eigenvalue weighted by atomic mass is 32.2. The van der Waals surface area contributed by atoms with Crippen molar-refractivity contribution >= 4 is 41.3 Å². The van der Waals surface area contributed by atoms with E-state index in [0.717, 1.165) is 5.56 Å². The van der Waals surface area contributed by atoms with E-state index < -0.39 is 44.4 Å². The van der Waals surface area contributed by atoms with Crippen LogP contribution >= 0.6 is 0 Å². The molecule has 5 rings (SSSR count). The largest absolute Gasteiger partial charge is 0.461 e. The maximum absolute atomic E-state index is 13.8. The lowest BCUT2D eigenvalue weighted by molar-refractivity contribution is -0.0894. The van der Waals surface area contributed by atoms with E-state index in [1.807, 2.05) is 32.0 Å². The number of hydrogen-bond donors (Lipinski definition) is 0. The standard InChI is InChI=1S/C34H40N6O6S/c1-10-44-28(41)25-24(16-37-47(43)32(7,8)9)27(45-26-21(2)14-23(12-11-13-35)15-22(26)3)39-29(38-25)40(30(42)46-31(4,5)6)34-17-33(18-34,19-34)20-36/h11-12,14-16H,10,17-19H2,1-9H3/b12-11+,37-16+/t33?,34?,47-/m0/s1. The Hall–Kier alpha value is -4.62. The second kappa shape index (κ2) is 12.9. The summed E-state index contributed by atoms with van der Waals surface area (Å²) in [4.78, 5) is 37.9. The van der Waals surface area contributed by atoms with Crippen LogP contribution in [0.25, 0.3) is 6.08 Å². The van der Waals surface area contributed by atoms with Crippen molar-refractivity contribution in [1.29, 1.82) is 10.5 Å². The maximum Gasteiger partial charge on any atom is 0.417 e. The highest BCUT2D eigenvalue weighted by molar-refractivity contribution is 7.85. The number of allylic oxidation sites excluding steroid dienone is 1. The fourth-order valence-corrected chi connectivity index (χ4v) is 6.22. The molecule has 3 saturated carbocycles. The Labute approximate surface area is 278 Å². The molecule has 0 unspecified atom stereocenters. The number of benzene rings is 1. The Bertz CT molecular complexity index is 1730. The Kier molecular flexibility index (Phi) is 9.66. The fraction of sp³-hybridized carbons (Fsp3) is 0.500. The van der Waals surface area contributed by atoms with Crippen molar-refractivity contribution in [3.8, 4) is 23.8 Å². The average molecular weight is 661 g/mol. The minimum atomic E-state index is -1.71. The van der Waals surface area contributed by atoms with Gasteiger partial charge in [0.1, 0.15) is 22.3 Å². The molecule has 0 saturated heterocycles. The van der Waals surface area contributed by atoms with E-state index in [4.69, 9.17) is 24.5 Å². The van der Waals surface area contributed by atoms with Crippen molar-refractivity contribution in [2.24, 2.45) is 9.81 Å². The third-order valence-electron chi connectivity index (χ3n) is 7.69. The molecule has 1 amide bonds. The fourth-order valence-electron chi connectivity index (χ4n) is 5.70. The van der Waals surface area contributed by atoms with Gasteiger partial charge in [-0.3, -0.25) is 0 Å². The smallest absolute Gasteiger partial charge is 0.417 e. The van der Waals surface area contributed by atoms with Gasteiger partial charge in [0, 0.05) is 6.08 Å². The first-order chi connectivity index (χ1) is 21.9. The lowest BCUT2D eigenvalue weighted by atomic mass is 9.39. The third-order valence-corrected chi connectivity index (χ3v) is 9.04. The van der Waals surface area contributed by atoms with Crippen molar-refractivity contribution in [3.05, 3.63) is 46.2 Å². The topological polar surface area (TPSA) is 168 Å². The number of nitrogens with zero attached hydrogens (tertiary/aromatic N) is 6. The van der Waals surface area contributed by atoms with Crippen LogP contribution in [0.4, 0.5) is 10.7 Å². The van der Waals surface area contributed by atoms with Crippen LogP contribution in [0, 0.1) is 41.9 Å². The van der Waals surface area contributed by atoms with E-state index in [1.165, 1.54) is 17.2 Å². The molecule has 0 N–H and O–H groups in total. The molecule has 0 spiro atoms. The highest BCUT2D eigenvalue weighted by Gasteiger charge is 2.73. The van der Waals surface area contributed by atoms with Crippen molar-refractivity contribution in [1.82, 2.24) is 9.97 Å². The number of aromatic nitrogens is 2. The minimum Gasteiger partial charge on any atom is -0.461 e. The third kappa shape index (κ3) is 7.36. The number of hydrogen-bond acceptors (Lipinski definition) is 10. The van der Waals surface area contributed by atoms with Gasteiger partial charge in [-0.25, -0.2) is 23.7 Å². The summed E-state index contributed by atoms with van der Waals surface area (Å²) in [6, 6.07) is 7.96. The van der Waals surface area contributed by atoms with Gasteiger partial charge in [0.2, 0.25) is 11.8 Å². The molecule has 3 aliphatic rings.